The normalized spacial score (nSPS) is 14.5. The molecule has 1 fully saturated rings. The standard InChI is InChI=1S/C24H35N5O3/c1-6-31-19-8-9-21(32-7-2)20(15-19)26-23(30)16-28-10-12-29(13-11-28)22-14-18(5)25-24(27-22)17(3)4/h8-9,14-15,17H,6-7,10-13,16H2,1-5H3,(H,26,30). The van der Waals surface area contributed by atoms with Crippen molar-refractivity contribution in [3.05, 3.63) is 35.8 Å². The molecule has 0 atom stereocenters. The Morgan fingerprint density at radius 1 is 1.06 bits per heavy atom. The molecule has 0 spiro atoms. The second-order valence-electron chi connectivity index (χ2n) is 8.22. The molecule has 0 unspecified atom stereocenters. The maximum Gasteiger partial charge on any atom is 0.238 e. The summed E-state index contributed by atoms with van der Waals surface area (Å²) >= 11 is 0. The van der Waals surface area contributed by atoms with Gasteiger partial charge in [-0.3, -0.25) is 9.69 Å². The van der Waals surface area contributed by atoms with Gasteiger partial charge >= 0.3 is 0 Å². The molecule has 0 bridgehead atoms. The number of aromatic nitrogens is 2. The van der Waals surface area contributed by atoms with Crippen molar-refractivity contribution in [2.75, 3.05) is 56.2 Å². The predicted octanol–water partition coefficient (Wildman–Crippen LogP) is 3.47. The third-order valence-corrected chi connectivity index (χ3v) is 5.27. The van der Waals surface area contributed by atoms with Crippen LogP contribution in [0.1, 0.15) is 45.1 Å². The number of aryl methyl sites for hydroxylation is 1. The Labute approximate surface area is 190 Å². The van der Waals surface area contributed by atoms with Crippen molar-refractivity contribution in [1.29, 1.82) is 0 Å². The molecule has 8 nitrogen and oxygen atoms in total. The van der Waals surface area contributed by atoms with Crippen molar-refractivity contribution in [2.45, 2.75) is 40.5 Å². The number of rotatable bonds is 9. The average Bonchev–Trinajstić information content (AvgIpc) is 2.76. The number of amides is 1. The van der Waals surface area contributed by atoms with Crippen molar-refractivity contribution in [1.82, 2.24) is 14.9 Å². The molecule has 1 aliphatic rings. The zero-order chi connectivity index (χ0) is 23.1. The third kappa shape index (κ3) is 6.32. The van der Waals surface area contributed by atoms with Gasteiger partial charge < -0.3 is 19.7 Å². The van der Waals surface area contributed by atoms with E-state index in [4.69, 9.17) is 14.5 Å². The van der Waals surface area contributed by atoms with E-state index in [-0.39, 0.29) is 5.91 Å². The Hall–Kier alpha value is -2.87. The maximum absolute atomic E-state index is 12.7. The van der Waals surface area contributed by atoms with Gasteiger partial charge in [-0.25, -0.2) is 9.97 Å². The molecule has 1 amide bonds. The molecule has 1 aromatic carbocycles. The summed E-state index contributed by atoms with van der Waals surface area (Å²) in [5.74, 6) is 3.44. The molecule has 8 heteroatoms. The molecule has 2 heterocycles. The highest BCUT2D eigenvalue weighted by molar-refractivity contribution is 5.94. The maximum atomic E-state index is 12.7. The number of hydrogen-bond acceptors (Lipinski definition) is 7. The Bertz CT molecular complexity index is 911. The van der Waals surface area contributed by atoms with Crippen LogP contribution in [0.3, 0.4) is 0 Å². The zero-order valence-corrected chi connectivity index (χ0v) is 19.9. The lowest BCUT2D eigenvalue weighted by atomic mass is 10.2. The van der Waals surface area contributed by atoms with Gasteiger partial charge in [0, 0.05) is 49.9 Å². The molecule has 174 valence electrons. The second-order valence-corrected chi connectivity index (χ2v) is 8.22. The van der Waals surface area contributed by atoms with Gasteiger partial charge in [-0.15, -0.1) is 0 Å². The smallest absolute Gasteiger partial charge is 0.238 e. The molecule has 0 aliphatic carbocycles. The van der Waals surface area contributed by atoms with Crippen molar-refractivity contribution in [2.24, 2.45) is 0 Å². The van der Waals surface area contributed by atoms with Crippen LogP contribution in [-0.2, 0) is 4.79 Å². The minimum absolute atomic E-state index is 0.0620. The Kier molecular flexibility index (Phi) is 8.27. The minimum Gasteiger partial charge on any atom is -0.494 e. The summed E-state index contributed by atoms with van der Waals surface area (Å²) in [7, 11) is 0. The highest BCUT2D eigenvalue weighted by Gasteiger charge is 2.21. The number of ether oxygens (including phenoxy) is 2. The molecule has 0 radical (unpaired) electrons. The molecule has 0 saturated carbocycles. The first-order chi connectivity index (χ1) is 15.4. The van der Waals surface area contributed by atoms with Crippen molar-refractivity contribution in [3.63, 3.8) is 0 Å². The third-order valence-electron chi connectivity index (χ3n) is 5.27. The number of nitrogens with one attached hydrogen (secondary N) is 1. The van der Waals surface area contributed by atoms with E-state index in [0.717, 1.165) is 43.5 Å². The molecular weight excluding hydrogens is 406 g/mol. The fraction of sp³-hybridized carbons (Fsp3) is 0.542. The molecule has 1 N–H and O–H groups in total. The highest BCUT2D eigenvalue weighted by atomic mass is 16.5. The SMILES string of the molecule is CCOc1ccc(OCC)c(NC(=O)CN2CCN(c3cc(C)nc(C(C)C)n3)CC2)c1. The summed E-state index contributed by atoms with van der Waals surface area (Å²) < 4.78 is 11.2. The highest BCUT2D eigenvalue weighted by Crippen LogP contribution is 2.29. The van der Waals surface area contributed by atoms with Crippen LogP contribution in [0.25, 0.3) is 0 Å². The molecule has 1 saturated heterocycles. The van der Waals surface area contributed by atoms with Gasteiger partial charge in [0.25, 0.3) is 0 Å². The molecule has 3 rings (SSSR count). The predicted molar refractivity (Wildman–Crippen MR) is 127 cm³/mol. The Morgan fingerprint density at radius 2 is 1.78 bits per heavy atom. The van der Waals surface area contributed by atoms with E-state index in [2.05, 4.69) is 33.9 Å². The van der Waals surface area contributed by atoms with E-state index in [1.807, 2.05) is 45.0 Å². The van der Waals surface area contributed by atoms with Gasteiger partial charge in [0.2, 0.25) is 5.91 Å². The molecular formula is C24H35N5O3. The quantitative estimate of drug-likeness (QED) is 0.638. The molecule has 1 aromatic heterocycles. The van der Waals surface area contributed by atoms with E-state index >= 15 is 0 Å². The number of nitrogens with zero attached hydrogens (tertiary/aromatic N) is 4. The first-order valence-electron chi connectivity index (χ1n) is 11.4. The van der Waals surface area contributed by atoms with E-state index in [9.17, 15) is 4.79 Å². The van der Waals surface area contributed by atoms with E-state index in [0.29, 0.717) is 42.9 Å². The van der Waals surface area contributed by atoms with Crippen molar-refractivity contribution in [3.8, 4) is 11.5 Å². The number of carbonyl (C=O) groups excluding carboxylic acids is 1. The van der Waals surface area contributed by atoms with Crippen LogP contribution in [-0.4, -0.2) is 66.7 Å². The summed E-state index contributed by atoms with van der Waals surface area (Å²) in [5, 5.41) is 2.99. The Morgan fingerprint density at radius 3 is 2.44 bits per heavy atom. The molecule has 2 aromatic rings. The first kappa shape index (κ1) is 23.8. The fourth-order valence-corrected chi connectivity index (χ4v) is 3.67. The van der Waals surface area contributed by atoms with Gasteiger partial charge in [-0.1, -0.05) is 13.8 Å². The summed E-state index contributed by atoms with van der Waals surface area (Å²) in [6.45, 7) is 14.7. The number of hydrogen-bond donors (Lipinski definition) is 1. The van der Waals surface area contributed by atoms with Crippen LogP contribution in [0.15, 0.2) is 24.3 Å². The van der Waals surface area contributed by atoms with Crippen molar-refractivity contribution >= 4 is 17.4 Å². The van der Waals surface area contributed by atoms with Gasteiger partial charge in [-0.2, -0.15) is 0 Å². The number of carbonyl (C=O) groups is 1. The van der Waals surface area contributed by atoms with Gasteiger partial charge in [0.1, 0.15) is 23.1 Å². The fourth-order valence-electron chi connectivity index (χ4n) is 3.67. The first-order valence-corrected chi connectivity index (χ1v) is 11.4. The van der Waals surface area contributed by atoms with E-state index in [1.165, 1.54) is 0 Å². The van der Waals surface area contributed by atoms with Crippen LogP contribution < -0.4 is 19.7 Å². The lowest BCUT2D eigenvalue weighted by Gasteiger charge is -2.35. The largest absolute Gasteiger partial charge is 0.494 e. The lowest BCUT2D eigenvalue weighted by Crippen LogP contribution is -2.49. The summed E-state index contributed by atoms with van der Waals surface area (Å²) in [6, 6.07) is 7.53. The minimum atomic E-state index is -0.0620. The number of anilines is 2. The summed E-state index contributed by atoms with van der Waals surface area (Å²) in [6.07, 6.45) is 0. The average molecular weight is 442 g/mol. The molecule has 1 aliphatic heterocycles. The summed E-state index contributed by atoms with van der Waals surface area (Å²) in [4.78, 5) is 26.5. The van der Waals surface area contributed by atoms with Gasteiger partial charge in [0.05, 0.1) is 25.4 Å². The lowest BCUT2D eigenvalue weighted by molar-refractivity contribution is -0.117. The van der Waals surface area contributed by atoms with Crippen LogP contribution >= 0.6 is 0 Å². The summed E-state index contributed by atoms with van der Waals surface area (Å²) in [5.41, 5.74) is 1.62. The van der Waals surface area contributed by atoms with Crippen molar-refractivity contribution < 1.29 is 14.3 Å². The molecule has 32 heavy (non-hydrogen) atoms. The monoisotopic (exact) mass is 441 g/mol. The van der Waals surface area contributed by atoms with E-state index in [1.54, 1.807) is 0 Å². The zero-order valence-electron chi connectivity index (χ0n) is 19.9. The van der Waals surface area contributed by atoms with Crippen LogP contribution in [0.2, 0.25) is 0 Å². The van der Waals surface area contributed by atoms with Crippen LogP contribution in [0, 0.1) is 6.92 Å². The number of piperazine rings is 1. The topological polar surface area (TPSA) is 79.8 Å². The van der Waals surface area contributed by atoms with Gasteiger partial charge in [-0.05, 0) is 32.9 Å². The second kappa shape index (κ2) is 11.1. The van der Waals surface area contributed by atoms with Gasteiger partial charge in [0.15, 0.2) is 0 Å². The van der Waals surface area contributed by atoms with Crippen LogP contribution in [0.5, 0.6) is 11.5 Å². The Balaban J connectivity index is 1.58. The van der Waals surface area contributed by atoms with E-state index < -0.39 is 0 Å². The van der Waals surface area contributed by atoms with Crippen LogP contribution in [0.4, 0.5) is 11.5 Å². The number of benzene rings is 1.